The van der Waals surface area contributed by atoms with Crippen LogP contribution in [0.15, 0.2) is 34.8 Å². The van der Waals surface area contributed by atoms with Crippen LogP contribution in [0.25, 0.3) is 0 Å². The molecule has 0 aromatic heterocycles. The second-order valence-corrected chi connectivity index (χ2v) is 7.21. The predicted molar refractivity (Wildman–Crippen MR) is 99.3 cm³/mol. The van der Waals surface area contributed by atoms with E-state index in [1.165, 1.54) is 12.1 Å². The van der Waals surface area contributed by atoms with Crippen molar-refractivity contribution in [1.29, 1.82) is 0 Å². The summed E-state index contributed by atoms with van der Waals surface area (Å²) in [6.07, 6.45) is 0. The Morgan fingerprint density at radius 1 is 1.08 bits per heavy atom. The molecule has 0 saturated carbocycles. The van der Waals surface area contributed by atoms with Gasteiger partial charge < -0.3 is 5.32 Å². The highest BCUT2D eigenvalue weighted by Gasteiger charge is 2.37. The van der Waals surface area contributed by atoms with Crippen LogP contribution in [0, 0.1) is 6.92 Å². The van der Waals surface area contributed by atoms with Gasteiger partial charge in [-0.05, 0) is 52.7 Å². The van der Waals surface area contributed by atoms with Crippen LogP contribution >= 0.6 is 39.1 Å². The van der Waals surface area contributed by atoms with Crippen molar-refractivity contribution >= 4 is 62.5 Å². The van der Waals surface area contributed by atoms with Crippen LogP contribution in [0.1, 0.15) is 26.3 Å². The fourth-order valence-corrected chi connectivity index (χ4v) is 3.40. The predicted octanol–water partition coefficient (Wildman–Crippen LogP) is 4.30. The minimum absolute atomic E-state index is 0.142. The molecule has 0 fully saturated rings. The molecule has 1 heterocycles. The fourth-order valence-electron chi connectivity index (χ4n) is 2.48. The third-order valence-corrected chi connectivity index (χ3v) is 5.09. The summed E-state index contributed by atoms with van der Waals surface area (Å²) in [7, 11) is 0. The van der Waals surface area contributed by atoms with E-state index in [0.29, 0.717) is 10.2 Å². The van der Waals surface area contributed by atoms with E-state index >= 15 is 0 Å². The number of carbonyl (C=O) groups is 3. The molecule has 5 nitrogen and oxygen atoms in total. The lowest BCUT2D eigenvalue weighted by atomic mass is 10.1. The molecular weight excluding hydrogens is 431 g/mol. The molecule has 0 radical (unpaired) electrons. The summed E-state index contributed by atoms with van der Waals surface area (Å²) in [6.45, 7) is 1.52. The quantitative estimate of drug-likeness (QED) is 0.722. The smallest absolute Gasteiger partial charge is 0.262 e. The normalized spacial score (nSPS) is 13.2. The van der Waals surface area contributed by atoms with Gasteiger partial charge in [0.2, 0.25) is 5.91 Å². The van der Waals surface area contributed by atoms with Crippen LogP contribution in [0.4, 0.5) is 5.69 Å². The molecule has 25 heavy (non-hydrogen) atoms. The van der Waals surface area contributed by atoms with E-state index < -0.39 is 24.3 Å². The number of amides is 3. The summed E-state index contributed by atoms with van der Waals surface area (Å²) in [6, 6.07) is 8.11. The van der Waals surface area contributed by atoms with Crippen molar-refractivity contribution in [3.05, 3.63) is 61.5 Å². The molecule has 0 bridgehead atoms. The van der Waals surface area contributed by atoms with Crippen LogP contribution in [-0.2, 0) is 4.79 Å². The Hall–Kier alpha value is -1.89. The first kappa shape index (κ1) is 17.9. The van der Waals surface area contributed by atoms with Gasteiger partial charge in [-0.2, -0.15) is 0 Å². The molecule has 1 aliphatic rings. The van der Waals surface area contributed by atoms with E-state index in [4.69, 9.17) is 23.2 Å². The Morgan fingerprint density at radius 2 is 1.64 bits per heavy atom. The van der Waals surface area contributed by atoms with Crippen LogP contribution in [0.2, 0.25) is 10.0 Å². The van der Waals surface area contributed by atoms with Crippen molar-refractivity contribution in [2.45, 2.75) is 6.92 Å². The number of benzene rings is 2. The first-order valence-corrected chi connectivity index (χ1v) is 8.74. The van der Waals surface area contributed by atoms with Crippen molar-refractivity contribution in [2.75, 3.05) is 11.9 Å². The second-order valence-electron chi connectivity index (χ2n) is 5.54. The number of fused-ring (bicyclic) bond motifs is 1. The number of hydrogen-bond acceptors (Lipinski definition) is 3. The maximum Gasteiger partial charge on any atom is 0.262 e. The lowest BCUT2D eigenvalue weighted by Crippen LogP contribution is -2.37. The molecule has 3 amide bonds. The van der Waals surface area contributed by atoms with Gasteiger partial charge in [0.1, 0.15) is 6.54 Å². The molecule has 8 heteroatoms. The molecule has 0 saturated heterocycles. The van der Waals surface area contributed by atoms with Crippen molar-refractivity contribution < 1.29 is 14.4 Å². The maximum absolute atomic E-state index is 12.4. The first-order valence-electron chi connectivity index (χ1n) is 7.19. The minimum Gasteiger partial charge on any atom is -0.324 e. The highest BCUT2D eigenvalue weighted by Crippen LogP contribution is 2.31. The van der Waals surface area contributed by atoms with Crippen LogP contribution < -0.4 is 5.32 Å². The standard InChI is InChI=1S/C17H11BrCl2N2O3/c1-8-2-3-14(11(18)4-8)21-15(23)7-22-16(24)9-5-12(19)13(20)6-10(9)17(22)25/h2-6H,7H2,1H3,(H,21,23). The average Bonchev–Trinajstić information content (AvgIpc) is 2.76. The van der Waals surface area contributed by atoms with Gasteiger partial charge in [-0.25, -0.2) is 0 Å². The van der Waals surface area contributed by atoms with Crippen molar-refractivity contribution in [2.24, 2.45) is 0 Å². The van der Waals surface area contributed by atoms with Gasteiger partial charge in [0.15, 0.2) is 0 Å². The van der Waals surface area contributed by atoms with E-state index in [0.717, 1.165) is 10.5 Å². The highest BCUT2D eigenvalue weighted by molar-refractivity contribution is 9.10. The molecule has 2 aromatic rings. The van der Waals surface area contributed by atoms with Crippen molar-refractivity contribution in [3.63, 3.8) is 0 Å². The number of aryl methyl sites for hydroxylation is 1. The zero-order chi connectivity index (χ0) is 18.3. The van der Waals surface area contributed by atoms with Gasteiger partial charge in [-0.3, -0.25) is 19.3 Å². The maximum atomic E-state index is 12.4. The highest BCUT2D eigenvalue weighted by atomic mass is 79.9. The van der Waals surface area contributed by atoms with Crippen molar-refractivity contribution in [3.8, 4) is 0 Å². The minimum atomic E-state index is -0.573. The number of halogens is 3. The molecule has 0 atom stereocenters. The Balaban J connectivity index is 1.78. The molecule has 0 unspecified atom stereocenters. The zero-order valence-corrected chi connectivity index (χ0v) is 16.0. The summed E-state index contributed by atoms with van der Waals surface area (Å²) in [5.74, 6) is -1.63. The van der Waals surface area contributed by atoms with Gasteiger partial charge in [0.05, 0.1) is 26.9 Å². The largest absolute Gasteiger partial charge is 0.324 e. The Labute approximate surface area is 162 Å². The third kappa shape index (κ3) is 3.42. The monoisotopic (exact) mass is 440 g/mol. The summed E-state index contributed by atoms with van der Waals surface area (Å²) in [5.41, 5.74) is 1.87. The van der Waals surface area contributed by atoms with Crippen LogP contribution in [0.5, 0.6) is 0 Å². The first-order chi connectivity index (χ1) is 11.8. The number of anilines is 1. The number of nitrogens with one attached hydrogen (secondary N) is 1. The Morgan fingerprint density at radius 3 is 2.16 bits per heavy atom. The Kier molecular flexibility index (Phi) is 4.86. The molecule has 1 N–H and O–H groups in total. The molecule has 128 valence electrons. The summed E-state index contributed by atoms with van der Waals surface area (Å²) in [5, 5.41) is 3.03. The van der Waals surface area contributed by atoms with E-state index in [-0.39, 0.29) is 21.2 Å². The molecule has 3 rings (SSSR count). The molecule has 0 spiro atoms. The number of nitrogens with zero attached hydrogens (tertiary/aromatic N) is 1. The number of hydrogen-bond donors (Lipinski definition) is 1. The second kappa shape index (κ2) is 6.78. The van der Waals surface area contributed by atoms with Crippen LogP contribution in [-0.4, -0.2) is 29.2 Å². The summed E-state index contributed by atoms with van der Waals surface area (Å²) < 4.78 is 0.710. The van der Waals surface area contributed by atoms with Crippen LogP contribution in [0.3, 0.4) is 0 Å². The van der Waals surface area contributed by atoms with Gasteiger partial charge >= 0.3 is 0 Å². The fraction of sp³-hybridized carbons (Fsp3) is 0.118. The van der Waals surface area contributed by atoms with E-state index in [1.54, 1.807) is 6.07 Å². The van der Waals surface area contributed by atoms with E-state index in [1.807, 2.05) is 19.1 Å². The van der Waals surface area contributed by atoms with Gasteiger partial charge in [-0.15, -0.1) is 0 Å². The third-order valence-electron chi connectivity index (χ3n) is 3.71. The lowest BCUT2D eigenvalue weighted by Gasteiger charge is -2.14. The topological polar surface area (TPSA) is 66.5 Å². The molecule has 1 aliphatic heterocycles. The van der Waals surface area contributed by atoms with E-state index in [2.05, 4.69) is 21.2 Å². The molecular formula is C17H11BrCl2N2O3. The van der Waals surface area contributed by atoms with E-state index in [9.17, 15) is 14.4 Å². The van der Waals surface area contributed by atoms with Gasteiger partial charge in [0.25, 0.3) is 11.8 Å². The number of carbonyl (C=O) groups excluding carboxylic acids is 3. The zero-order valence-electron chi connectivity index (χ0n) is 12.9. The SMILES string of the molecule is Cc1ccc(NC(=O)CN2C(=O)c3cc(Cl)c(Cl)cc3C2=O)c(Br)c1. The molecule has 0 aliphatic carbocycles. The van der Waals surface area contributed by atoms with Crippen molar-refractivity contribution in [1.82, 2.24) is 4.90 Å². The number of rotatable bonds is 3. The van der Waals surface area contributed by atoms with Gasteiger partial charge in [0, 0.05) is 4.47 Å². The Bertz CT molecular complexity index is 889. The molecule has 2 aromatic carbocycles. The average molecular weight is 442 g/mol. The number of imide groups is 1. The lowest BCUT2D eigenvalue weighted by molar-refractivity contribution is -0.116. The summed E-state index contributed by atoms with van der Waals surface area (Å²) in [4.78, 5) is 37.9. The summed E-state index contributed by atoms with van der Waals surface area (Å²) >= 11 is 15.2. The van der Waals surface area contributed by atoms with Gasteiger partial charge in [-0.1, -0.05) is 29.3 Å².